The van der Waals surface area contributed by atoms with Gasteiger partial charge in [-0.2, -0.15) is 0 Å². The molecule has 0 aliphatic carbocycles. The molecule has 0 saturated heterocycles. The van der Waals surface area contributed by atoms with Crippen LogP contribution in [-0.2, 0) is 0 Å². The van der Waals surface area contributed by atoms with Gasteiger partial charge in [0.25, 0.3) is 0 Å². The minimum Gasteiger partial charge on any atom is -0.0622 e. The molecule has 0 saturated carbocycles. The van der Waals surface area contributed by atoms with E-state index in [1.165, 1.54) is 176 Å². The molecule has 0 aliphatic heterocycles. The molecule has 0 aromatic heterocycles. The van der Waals surface area contributed by atoms with Crippen LogP contribution in [-0.4, -0.2) is 0 Å². The van der Waals surface area contributed by atoms with E-state index in [1.54, 1.807) is 0 Å². The average Bonchev–Trinajstić information content (AvgIpc) is 0.735. The normalized spacial score (nSPS) is 11.3. The minimum absolute atomic E-state index is 1.21. The Labute approximate surface area is 560 Å². The van der Waals surface area contributed by atoms with Crippen LogP contribution in [0.2, 0.25) is 0 Å². The standard InChI is InChI=1S/2C48H32/c1-3-16-33(17-4-1)36-22-13-23-37(32-36)47-41-25-9-11-27-43(41)48(44-28-12-10-26-42(44)47)45-31-15-30-40(46(45)35-19-5-2-6-20-35)39-29-14-21-34-18-7-8-24-38(34)39;1-3-15-33(16-4-1)36-21-13-22-38(31-36)47-42-24-9-11-26-44(42)48(45-27-12-10-25-43(45)47)46-32-37(29-30-41(46)34-17-5-2-6-18-34)40-28-14-20-35-19-7-8-23-39(35)40/h2*1-32H. The van der Waals surface area contributed by atoms with Crippen LogP contribution < -0.4 is 0 Å². The lowest BCUT2D eigenvalue weighted by molar-refractivity contribution is 1.59. The van der Waals surface area contributed by atoms with Crippen molar-refractivity contribution in [3.05, 3.63) is 388 Å². The monoisotopic (exact) mass is 1220 g/mol. The second-order valence-corrected chi connectivity index (χ2v) is 24.8. The lowest BCUT2D eigenvalue weighted by Crippen LogP contribution is -1.95. The van der Waals surface area contributed by atoms with Crippen molar-refractivity contribution in [3.8, 4) is 111 Å². The molecular weight excluding hydrogens is 1150 g/mol. The molecule has 0 unspecified atom stereocenters. The van der Waals surface area contributed by atoms with E-state index in [9.17, 15) is 0 Å². The summed E-state index contributed by atoms with van der Waals surface area (Å²) in [7, 11) is 0. The van der Waals surface area contributed by atoms with Gasteiger partial charge in [-0.3, -0.25) is 0 Å². The van der Waals surface area contributed by atoms with E-state index in [4.69, 9.17) is 0 Å². The van der Waals surface area contributed by atoms with E-state index in [2.05, 4.69) is 388 Å². The molecule has 0 atom stereocenters. The van der Waals surface area contributed by atoms with Crippen molar-refractivity contribution in [3.63, 3.8) is 0 Å². The van der Waals surface area contributed by atoms with Crippen LogP contribution in [0.15, 0.2) is 388 Å². The summed E-state index contributed by atoms with van der Waals surface area (Å²) in [6.07, 6.45) is 0. The van der Waals surface area contributed by atoms with E-state index >= 15 is 0 Å². The van der Waals surface area contributed by atoms with Crippen LogP contribution in [0, 0.1) is 0 Å². The second kappa shape index (κ2) is 25.2. The van der Waals surface area contributed by atoms with Crippen LogP contribution >= 0.6 is 0 Å². The maximum atomic E-state index is 2.42. The van der Waals surface area contributed by atoms with Gasteiger partial charge in [0.05, 0.1) is 0 Å². The SMILES string of the molecule is c1ccc(-c2cccc(-c3c4ccccc4c(-c4cc(-c5cccc6ccccc56)ccc4-c4ccccc4)c4ccccc34)c2)cc1.c1ccc(-c2cccc(-c3c4ccccc4c(-c4cccc(-c5cccc6ccccc56)c4-c4ccccc4)c4ccccc34)c2)cc1. The van der Waals surface area contributed by atoms with Crippen molar-refractivity contribution in [2.45, 2.75) is 0 Å². The highest BCUT2D eigenvalue weighted by atomic mass is 14.3. The fraction of sp³-hybridized carbons (Fsp3) is 0. The van der Waals surface area contributed by atoms with E-state index in [-0.39, 0.29) is 0 Å². The molecular formula is C96H64. The highest BCUT2D eigenvalue weighted by Gasteiger charge is 2.24. The number of rotatable bonds is 10. The van der Waals surface area contributed by atoms with Crippen LogP contribution in [0.4, 0.5) is 0 Å². The summed E-state index contributed by atoms with van der Waals surface area (Å²) in [4.78, 5) is 0. The van der Waals surface area contributed by atoms with Gasteiger partial charge < -0.3 is 0 Å². The molecule has 0 N–H and O–H groups in total. The lowest BCUT2D eigenvalue weighted by Gasteiger charge is -2.22. The fourth-order valence-electron chi connectivity index (χ4n) is 15.1. The molecule has 0 heteroatoms. The smallest absolute Gasteiger partial charge is 0.00199 e. The molecule has 18 aromatic rings. The third-order valence-corrected chi connectivity index (χ3v) is 19.3. The van der Waals surface area contributed by atoms with E-state index < -0.39 is 0 Å². The van der Waals surface area contributed by atoms with Gasteiger partial charge in [-0.1, -0.05) is 370 Å². The lowest BCUT2D eigenvalue weighted by atomic mass is 9.81. The van der Waals surface area contributed by atoms with Crippen molar-refractivity contribution in [2.24, 2.45) is 0 Å². The van der Waals surface area contributed by atoms with Gasteiger partial charge in [0.1, 0.15) is 0 Å². The Morgan fingerprint density at radius 3 is 0.875 bits per heavy atom. The fourth-order valence-corrected chi connectivity index (χ4v) is 15.1. The molecule has 0 nitrogen and oxygen atoms in total. The van der Waals surface area contributed by atoms with Gasteiger partial charge in [-0.05, 0) is 194 Å². The molecule has 0 spiro atoms. The summed E-state index contributed by atoms with van der Waals surface area (Å²) < 4.78 is 0. The first-order valence-corrected chi connectivity index (χ1v) is 33.2. The first kappa shape index (κ1) is 57.4. The number of hydrogen-bond acceptors (Lipinski definition) is 0. The number of benzene rings is 18. The van der Waals surface area contributed by atoms with Crippen LogP contribution in [0.5, 0.6) is 0 Å². The highest BCUT2D eigenvalue weighted by Crippen LogP contribution is 2.51. The second-order valence-electron chi connectivity index (χ2n) is 24.8. The summed E-state index contributed by atoms with van der Waals surface area (Å²) in [6, 6.07) is 142. The molecule has 0 amide bonds. The van der Waals surface area contributed by atoms with Crippen molar-refractivity contribution in [1.82, 2.24) is 0 Å². The number of fused-ring (bicyclic) bond motifs is 6. The largest absolute Gasteiger partial charge is 0.0622 e. The van der Waals surface area contributed by atoms with E-state index in [0.29, 0.717) is 0 Å². The zero-order chi connectivity index (χ0) is 63.7. The quantitative estimate of drug-likeness (QED) is 0.120. The zero-order valence-corrected chi connectivity index (χ0v) is 53.0. The molecule has 0 bridgehead atoms. The average molecular weight is 1220 g/mol. The zero-order valence-electron chi connectivity index (χ0n) is 53.0. The minimum atomic E-state index is 1.21. The van der Waals surface area contributed by atoms with Gasteiger partial charge in [0.2, 0.25) is 0 Å². The van der Waals surface area contributed by atoms with Crippen molar-refractivity contribution < 1.29 is 0 Å². The molecule has 0 heterocycles. The van der Waals surface area contributed by atoms with Crippen LogP contribution in [0.3, 0.4) is 0 Å². The molecule has 448 valence electrons. The topological polar surface area (TPSA) is 0 Å². The maximum absolute atomic E-state index is 2.42. The third-order valence-electron chi connectivity index (χ3n) is 19.3. The molecule has 18 aromatic carbocycles. The van der Waals surface area contributed by atoms with Gasteiger partial charge in [-0.15, -0.1) is 0 Å². The Morgan fingerprint density at radius 2 is 0.406 bits per heavy atom. The van der Waals surface area contributed by atoms with Crippen molar-refractivity contribution in [1.29, 1.82) is 0 Å². The summed E-state index contributed by atoms with van der Waals surface area (Å²) in [5.74, 6) is 0. The molecule has 96 heavy (non-hydrogen) atoms. The Balaban J connectivity index is 0.000000145. The maximum Gasteiger partial charge on any atom is -0.00199 e. The predicted octanol–water partition coefficient (Wildman–Crippen LogP) is 27.0. The number of hydrogen-bond donors (Lipinski definition) is 0. The van der Waals surface area contributed by atoms with Gasteiger partial charge in [0, 0.05) is 0 Å². The first-order chi connectivity index (χ1) is 47.7. The van der Waals surface area contributed by atoms with Crippen molar-refractivity contribution in [2.75, 3.05) is 0 Å². The van der Waals surface area contributed by atoms with Gasteiger partial charge >= 0.3 is 0 Å². The predicted molar refractivity (Wildman–Crippen MR) is 412 cm³/mol. The Morgan fingerprint density at radius 1 is 0.104 bits per heavy atom. The molecule has 18 rings (SSSR count). The van der Waals surface area contributed by atoms with Gasteiger partial charge in [-0.25, -0.2) is 0 Å². The summed E-state index contributed by atoms with van der Waals surface area (Å²) >= 11 is 0. The summed E-state index contributed by atoms with van der Waals surface area (Å²) in [5, 5.41) is 15.1. The summed E-state index contributed by atoms with van der Waals surface area (Å²) in [6.45, 7) is 0. The van der Waals surface area contributed by atoms with Crippen molar-refractivity contribution >= 4 is 64.6 Å². The Kier molecular flexibility index (Phi) is 15.1. The Hall–Kier alpha value is -12.5. The molecule has 0 aliphatic rings. The van der Waals surface area contributed by atoms with E-state index in [0.717, 1.165) is 0 Å². The highest BCUT2D eigenvalue weighted by molar-refractivity contribution is 6.25. The van der Waals surface area contributed by atoms with Crippen LogP contribution in [0.25, 0.3) is 176 Å². The first-order valence-electron chi connectivity index (χ1n) is 33.2. The van der Waals surface area contributed by atoms with Crippen LogP contribution in [0.1, 0.15) is 0 Å². The van der Waals surface area contributed by atoms with E-state index in [1.807, 2.05) is 0 Å². The Bertz CT molecular complexity index is 5600. The molecule has 0 radical (unpaired) electrons. The third kappa shape index (κ3) is 10.5. The van der Waals surface area contributed by atoms with Gasteiger partial charge in [0.15, 0.2) is 0 Å². The summed E-state index contributed by atoms with van der Waals surface area (Å²) in [5.41, 5.74) is 24.8. The molecule has 0 fully saturated rings.